The number of nitrogens with one attached hydrogen (secondary N) is 2. The molecule has 1 aromatic heterocycles. The average molecular weight is 397 g/mol. The van der Waals surface area contributed by atoms with E-state index in [-0.39, 0.29) is 0 Å². The summed E-state index contributed by atoms with van der Waals surface area (Å²) < 4.78 is 2.08. The van der Waals surface area contributed by atoms with Crippen molar-refractivity contribution in [3.8, 4) is 0 Å². The Bertz CT molecular complexity index is 699. The van der Waals surface area contributed by atoms with Gasteiger partial charge < -0.3 is 20.1 Å². The Morgan fingerprint density at radius 3 is 2.48 bits per heavy atom. The summed E-state index contributed by atoms with van der Waals surface area (Å²) in [7, 11) is 0. The zero-order chi connectivity index (χ0) is 20.2. The van der Waals surface area contributed by atoms with Gasteiger partial charge in [-0.25, -0.2) is 9.98 Å². The fourth-order valence-electron chi connectivity index (χ4n) is 3.72. The first-order chi connectivity index (χ1) is 14.3. The Kier molecular flexibility index (Phi) is 9.04. The van der Waals surface area contributed by atoms with E-state index in [1.54, 1.807) is 0 Å². The summed E-state index contributed by atoms with van der Waals surface area (Å²) in [4.78, 5) is 11.5. The third-order valence-electron chi connectivity index (χ3n) is 5.35. The minimum absolute atomic E-state index is 0.687. The highest BCUT2D eigenvalue weighted by atomic mass is 15.2. The highest BCUT2D eigenvalue weighted by Crippen LogP contribution is 2.10. The number of imidazole rings is 1. The molecule has 0 spiro atoms. The van der Waals surface area contributed by atoms with Gasteiger partial charge in [-0.2, -0.15) is 0 Å². The number of rotatable bonds is 9. The maximum Gasteiger partial charge on any atom is 0.191 e. The van der Waals surface area contributed by atoms with Crippen LogP contribution in [0.5, 0.6) is 0 Å². The van der Waals surface area contributed by atoms with Gasteiger partial charge in [0.1, 0.15) is 0 Å². The lowest BCUT2D eigenvalue weighted by molar-refractivity contribution is 0.282. The molecule has 1 aliphatic rings. The lowest BCUT2D eigenvalue weighted by Crippen LogP contribution is -2.39. The fourth-order valence-corrected chi connectivity index (χ4v) is 3.72. The molecule has 0 amide bonds. The Morgan fingerprint density at radius 2 is 1.79 bits per heavy atom. The number of aromatic nitrogens is 2. The molecular formula is C23H36N6. The van der Waals surface area contributed by atoms with Gasteiger partial charge in [-0.15, -0.1) is 0 Å². The van der Waals surface area contributed by atoms with Gasteiger partial charge in [-0.05, 0) is 56.9 Å². The van der Waals surface area contributed by atoms with E-state index in [0.717, 1.165) is 32.0 Å². The van der Waals surface area contributed by atoms with E-state index in [0.29, 0.717) is 6.54 Å². The van der Waals surface area contributed by atoms with E-state index in [1.807, 2.05) is 18.7 Å². The molecule has 2 N–H and O–H groups in total. The molecule has 1 fully saturated rings. The largest absolute Gasteiger partial charge is 0.357 e. The van der Waals surface area contributed by atoms with Crippen LogP contribution in [0.25, 0.3) is 0 Å². The minimum Gasteiger partial charge on any atom is -0.357 e. The van der Waals surface area contributed by atoms with Gasteiger partial charge in [-0.1, -0.05) is 37.1 Å². The number of hydrogen-bond donors (Lipinski definition) is 2. The van der Waals surface area contributed by atoms with Crippen molar-refractivity contribution in [3.05, 3.63) is 54.1 Å². The smallest absolute Gasteiger partial charge is 0.191 e. The number of benzene rings is 1. The van der Waals surface area contributed by atoms with Crippen LogP contribution in [0.3, 0.4) is 0 Å². The van der Waals surface area contributed by atoms with Gasteiger partial charge in [-0.3, -0.25) is 0 Å². The summed E-state index contributed by atoms with van der Waals surface area (Å²) in [6.07, 6.45) is 12.3. The van der Waals surface area contributed by atoms with E-state index in [4.69, 9.17) is 4.99 Å². The van der Waals surface area contributed by atoms with Crippen molar-refractivity contribution < 1.29 is 0 Å². The lowest BCUT2D eigenvalue weighted by atomic mass is 10.1. The molecule has 1 saturated heterocycles. The maximum atomic E-state index is 4.75. The second-order valence-corrected chi connectivity index (χ2v) is 7.78. The molecule has 0 aliphatic carbocycles. The molecule has 2 heterocycles. The highest BCUT2D eigenvalue weighted by Gasteiger charge is 2.08. The van der Waals surface area contributed by atoms with E-state index in [1.165, 1.54) is 56.4 Å². The first-order valence-electron chi connectivity index (χ1n) is 11.1. The molecule has 6 nitrogen and oxygen atoms in total. The van der Waals surface area contributed by atoms with Crippen molar-refractivity contribution in [3.63, 3.8) is 0 Å². The molecule has 0 saturated carbocycles. The predicted octanol–water partition coefficient (Wildman–Crippen LogP) is 3.25. The van der Waals surface area contributed by atoms with Gasteiger partial charge in [0.25, 0.3) is 0 Å². The van der Waals surface area contributed by atoms with Crippen molar-refractivity contribution in [2.45, 2.75) is 52.1 Å². The average Bonchev–Trinajstić information content (AvgIpc) is 3.11. The second-order valence-electron chi connectivity index (χ2n) is 7.78. The van der Waals surface area contributed by atoms with Crippen LogP contribution in [-0.2, 0) is 13.1 Å². The summed E-state index contributed by atoms with van der Waals surface area (Å²) in [5, 5.41) is 6.85. The van der Waals surface area contributed by atoms with E-state index in [9.17, 15) is 0 Å². The van der Waals surface area contributed by atoms with E-state index < -0.39 is 0 Å². The summed E-state index contributed by atoms with van der Waals surface area (Å²) in [6, 6.07) is 8.68. The van der Waals surface area contributed by atoms with Gasteiger partial charge in [0.15, 0.2) is 5.96 Å². The van der Waals surface area contributed by atoms with Crippen molar-refractivity contribution in [1.82, 2.24) is 25.1 Å². The summed E-state index contributed by atoms with van der Waals surface area (Å²) in [5.74, 6) is 0.908. The predicted molar refractivity (Wildman–Crippen MR) is 120 cm³/mol. The minimum atomic E-state index is 0.687. The molecule has 0 radical (unpaired) electrons. The number of likely N-dealkylation sites (tertiary alicyclic amines) is 1. The Labute approximate surface area is 175 Å². The van der Waals surface area contributed by atoms with Crippen LogP contribution in [0.15, 0.2) is 48.0 Å². The van der Waals surface area contributed by atoms with Gasteiger partial charge in [0.2, 0.25) is 0 Å². The Morgan fingerprint density at radius 1 is 1.03 bits per heavy atom. The van der Waals surface area contributed by atoms with Crippen molar-refractivity contribution in [2.24, 2.45) is 4.99 Å². The van der Waals surface area contributed by atoms with Gasteiger partial charge >= 0.3 is 0 Å². The van der Waals surface area contributed by atoms with Gasteiger partial charge in [0.05, 0.1) is 12.9 Å². The van der Waals surface area contributed by atoms with Crippen LogP contribution < -0.4 is 10.6 Å². The quantitative estimate of drug-likeness (QED) is 0.388. The topological polar surface area (TPSA) is 57.5 Å². The summed E-state index contributed by atoms with van der Waals surface area (Å²) >= 11 is 0. The van der Waals surface area contributed by atoms with E-state index >= 15 is 0 Å². The molecule has 3 rings (SSSR count). The maximum absolute atomic E-state index is 4.75. The molecular weight excluding hydrogens is 360 g/mol. The molecule has 1 aromatic carbocycles. The van der Waals surface area contributed by atoms with Crippen molar-refractivity contribution in [2.75, 3.05) is 32.7 Å². The molecule has 2 aromatic rings. The Balaban J connectivity index is 1.42. The Hall–Kier alpha value is -2.34. The molecule has 0 bridgehead atoms. The zero-order valence-corrected chi connectivity index (χ0v) is 17.8. The zero-order valence-electron chi connectivity index (χ0n) is 17.8. The molecule has 6 heteroatoms. The standard InChI is InChI=1S/C23H36N6/c1-2-25-23(26-12-7-16-28-14-5-3-4-6-15-28)27-18-21-8-10-22(11-9-21)19-29-17-13-24-20-29/h8-11,13,17,20H,2-7,12,14-16,18-19H2,1H3,(H2,25,26,27). The van der Waals surface area contributed by atoms with Crippen LogP contribution in [-0.4, -0.2) is 53.1 Å². The van der Waals surface area contributed by atoms with Crippen LogP contribution in [0.2, 0.25) is 0 Å². The van der Waals surface area contributed by atoms with Crippen LogP contribution >= 0.6 is 0 Å². The molecule has 1 aliphatic heterocycles. The first-order valence-corrected chi connectivity index (χ1v) is 11.1. The van der Waals surface area contributed by atoms with Crippen LogP contribution in [0.4, 0.5) is 0 Å². The summed E-state index contributed by atoms with van der Waals surface area (Å²) in [6.45, 7) is 9.21. The number of hydrogen-bond acceptors (Lipinski definition) is 3. The first kappa shape index (κ1) is 21.4. The van der Waals surface area contributed by atoms with E-state index in [2.05, 4.69) is 56.3 Å². The second kappa shape index (κ2) is 12.3. The van der Waals surface area contributed by atoms with Crippen molar-refractivity contribution in [1.29, 1.82) is 0 Å². The SMILES string of the molecule is CCNC(=NCc1ccc(Cn2ccnc2)cc1)NCCCN1CCCCCC1. The molecule has 158 valence electrons. The number of nitrogens with zero attached hydrogens (tertiary/aromatic N) is 4. The van der Waals surface area contributed by atoms with Crippen LogP contribution in [0.1, 0.15) is 50.2 Å². The van der Waals surface area contributed by atoms with Gasteiger partial charge in [0, 0.05) is 32.0 Å². The molecule has 0 unspecified atom stereocenters. The molecule has 0 atom stereocenters. The fraction of sp³-hybridized carbons (Fsp3) is 0.565. The highest BCUT2D eigenvalue weighted by molar-refractivity contribution is 5.79. The lowest BCUT2D eigenvalue weighted by Gasteiger charge is -2.20. The number of aliphatic imine (C=N–C) groups is 1. The van der Waals surface area contributed by atoms with Crippen LogP contribution in [0, 0.1) is 0 Å². The third kappa shape index (κ3) is 7.89. The third-order valence-corrected chi connectivity index (χ3v) is 5.35. The number of guanidine groups is 1. The molecule has 29 heavy (non-hydrogen) atoms. The monoisotopic (exact) mass is 396 g/mol. The summed E-state index contributed by atoms with van der Waals surface area (Å²) in [5.41, 5.74) is 2.50. The van der Waals surface area contributed by atoms with Crippen molar-refractivity contribution >= 4 is 5.96 Å². The normalized spacial score (nSPS) is 15.8.